The van der Waals surface area contributed by atoms with E-state index in [2.05, 4.69) is 0 Å². The first-order valence-corrected chi connectivity index (χ1v) is 7.07. The number of rotatable bonds is 4. The zero-order chi connectivity index (χ0) is 16.4. The number of hydrogen-bond acceptors (Lipinski definition) is 4. The normalized spacial score (nSPS) is 16.8. The Morgan fingerprint density at radius 2 is 1.74 bits per heavy atom. The maximum atomic E-state index is 11.5. The van der Waals surface area contributed by atoms with Crippen LogP contribution in [0.4, 0.5) is 0 Å². The number of phenols is 1. The van der Waals surface area contributed by atoms with Crippen molar-refractivity contribution in [3.05, 3.63) is 60.2 Å². The second-order valence-corrected chi connectivity index (χ2v) is 5.25. The van der Waals surface area contributed by atoms with Gasteiger partial charge in [-0.05, 0) is 34.9 Å². The summed E-state index contributed by atoms with van der Waals surface area (Å²) in [6.45, 7) is 0. The van der Waals surface area contributed by atoms with E-state index in [1.165, 1.54) is 6.08 Å². The second kappa shape index (κ2) is 5.96. The van der Waals surface area contributed by atoms with Gasteiger partial charge in [0, 0.05) is 11.6 Å². The van der Waals surface area contributed by atoms with E-state index in [0.29, 0.717) is 5.57 Å². The van der Waals surface area contributed by atoms with Gasteiger partial charge in [-0.1, -0.05) is 30.3 Å². The minimum atomic E-state index is -1.02. The number of ether oxygens (including phenoxy) is 1. The highest BCUT2D eigenvalue weighted by molar-refractivity contribution is 5.98. The summed E-state index contributed by atoms with van der Waals surface area (Å²) in [6.07, 6.45) is 0.306. The molecule has 2 N–H and O–H groups in total. The molecule has 0 bridgehead atoms. The number of carboxylic acid groups (broad SMARTS) is 1. The number of hydrogen-bond donors (Lipinski definition) is 2. The topological polar surface area (TPSA) is 83.8 Å². The quantitative estimate of drug-likeness (QED) is 0.848. The maximum Gasteiger partial charge on any atom is 0.331 e. The third kappa shape index (κ3) is 3.23. The molecular formula is C18H14O5. The Balaban J connectivity index is 1.95. The average Bonchev–Trinajstić information content (AvgIpc) is 2.88. The van der Waals surface area contributed by atoms with Crippen LogP contribution in [0.25, 0.3) is 16.7 Å². The number of aromatic hydroxyl groups is 1. The van der Waals surface area contributed by atoms with Crippen LogP contribution in [0.15, 0.2) is 54.6 Å². The Labute approximate surface area is 132 Å². The number of carbonyl (C=O) groups is 2. The molecule has 1 aliphatic rings. The summed E-state index contributed by atoms with van der Waals surface area (Å²) in [7, 11) is 0. The molecule has 0 saturated carbocycles. The second-order valence-electron chi connectivity index (χ2n) is 5.25. The lowest BCUT2D eigenvalue weighted by Gasteiger charge is -2.13. The molecule has 1 unspecified atom stereocenters. The zero-order valence-electron chi connectivity index (χ0n) is 12.1. The van der Waals surface area contributed by atoms with E-state index >= 15 is 0 Å². The van der Waals surface area contributed by atoms with Crippen LogP contribution in [-0.4, -0.2) is 28.3 Å². The molecule has 0 aromatic heterocycles. The van der Waals surface area contributed by atoms with Crippen molar-refractivity contribution in [3.63, 3.8) is 0 Å². The van der Waals surface area contributed by atoms with Gasteiger partial charge < -0.3 is 14.9 Å². The molecule has 1 aliphatic heterocycles. The van der Waals surface area contributed by atoms with Crippen LogP contribution in [0.3, 0.4) is 0 Å². The monoisotopic (exact) mass is 310 g/mol. The number of benzene rings is 2. The fourth-order valence-corrected chi connectivity index (χ4v) is 2.57. The first-order valence-electron chi connectivity index (χ1n) is 7.07. The summed E-state index contributed by atoms with van der Waals surface area (Å²) in [5, 5.41) is 18.3. The Bertz CT molecular complexity index is 789. The van der Waals surface area contributed by atoms with Crippen molar-refractivity contribution in [2.24, 2.45) is 0 Å². The van der Waals surface area contributed by atoms with Crippen molar-refractivity contribution in [2.45, 2.75) is 12.5 Å². The van der Waals surface area contributed by atoms with E-state index in [1.807, 2.05) is 24.3 Å². The smallest absolute Gasteiger partial charge is 0.331 e. The van der Waals surface area contributed by atoms with Gasteiger partial charge in [-0.15, -0.1) is 0 Å². The molecule has 116 valence electrons. The van der Waals surface area contributed by atoms with E-state index in [-0.39, 0.29) is 12.2 Å². The lowest BCUT2D eigenvalue weighted by Crippen LogP contribution is -2.16. The summed E-state index contributed by atoms with van der Waals surface area (Å²) >= 11 is 0. The van der Waals surface area contributed by atoms with E-state index < -0.39 is 18.0 Å². The molecule has 23 heavy (non-hydrogen) atoms. The fourth-order valence-electron chi connectivity index (χ4n) is 2.57. The highest BCUT2D eigenvalue weighted by Crippen LogP contribution is 2.31. The molecule has 0 aliphatic carbocycles. The number of carboxylic acids is 1. The van der Waals surface area contributed by atoms with Gasteiger partial charge >= 0.3 is 11.9 Å². The van der Waals surface area contributed by atoms with E-state index in [9.17, 15) is 14.7 Å². The van der Waals surface area contributed by atoms with Gasteiger partial charge in [0.15, 0.2) is 0 Å². The van der Waals surface area contributed by atoms with E-state index in [0.717, 1.165) is 16.7 Å². The first-order chi connectivity index (χ1) is 11.0. The molecule has 2 aromatic carbocycles. The van der Waals surface area contributed by atoms with Crippen molar-refractivity contribution in [2.75, 3.05) is 0 Å². The molecule has 1 atom stereocenters. The van der Waals surface area contributed by atoms with Crippen molar-refractivity contribution < 1.29 is 24.5 Å². The van der Waals surface area contributed by atoms with Crippen LogP contribution in [-0.2, 0) is 14.3 Å². The van der Waals surface area contributed by atoms with E-state index in [4.69, 9.17) is 9.84 Å². The van der Waals surface area contributed by atoms with Crippen LogP contribution >= 0.6 is 0 Å². The number of aliphatic carboxylic acids is 1. The molecule has 5 heteroatoms. The van der Waals surface area contributed by atoms with Crippen molar-refractivity contribution in [1.29, 1.82) is 0 Å². The van der Waals surface area contributed by atoms with Crippen molar-refractivity contribution in [1.82, 2.24) is 0 Å². The van der Waals surface area contributed by atoms with Crippen LogP contribution in [0.1, 0.15) is 12.0 Å². The average molecular weight is 310 g/mol. The minimum absolute atomic E-state index is 0.184. The van der Waals surface area contributed by atoms with Crippen LogP contribution in [0, 0.1) is 0 Å². The molecule has 0 fully saturated rings. The SMILES string of the molecule is O=C(O)CC1OC(=O)C=C1c1cccc(-c2ccc(O)cc2)c1. The van der Waals surface area contributed by atoms with E-state index in [1.54, 1.807) is 24.3 Å². The third-order valence-corrected chi connectivity index (χ3v) is 3.64. The van der Waals surface area contributed by atoms with Crippen molar-refractivity contribution >= 4 is 17.5 Å². The Morgan fingerprint density at radius 1 is 1.04 bits per heavy atom. The molecule has 1 heterocycles. The highest BCUT2D eigenvalue weighted by Gasteiger charge is 2.29. The van der Waals surface area contributed by atoms with Gasteiger partial charge in [0.2, 0.25) is 0 Å². The molecule has 0 saturated heterocycles. The molecule has 0 amide bonds. The molecule has 0 radical (unpaired) electrons. The summed E-state index contributed by atoms with van der Waals surface area (Å²) in [5.74, 6) is -1.37. The van der Waals surface area contributed by atoms with Gasteiger partial charge in [0.05, 0.1) is 6.42 Å². The minimum Gasteiger partial charge on any atom is -0.508 e. The standard InChI is InChI=1S/C18H14O5/c19-14-6-4-11(5-7-14)12-2-1-3-13(8-12)15-9-18(22)23-16(15)10-17(20)21/h1-9,16,19H,10H2,(H,20,21). The maximum absolute atomic E-state index is 11.5. The van der Waals surface area contributed by atoms with Crippen LogP contribution in [0.2, 0.25) is 0 Å². The van der Waals surface area contributed by atoms with Crippen LogP contribution in [0.5, 0.6) is 5.75 Å². The molecule has 2 aromatic rings. The van der Waals surface area contributed by atoms with Gasteiger partial charge in [-0.3, -0.25) is 4.79 Å². The largest absolute Gasteiger partial charge is 0.508 e. The van der Waals surface area contributed by atoms with Gasteiger partial charge in [0.25, 0.3) is 0 Å². The Kier molecular flexibility index (Phi) is 3.85. The summed E-state index contributed by atoms with van der Waals surface area (Å²) in [6, 6.07) is 14.2. The van der Waals surface area contributed by atoms with Crippen LogP contribution < -0.4 is 0 Å². The van der Waals surface area contributed by atoms with Gasteiger partial charge in [0.1, 0.15) is 11.9 Å². The lowest BCUT2D eigenvalue weighted by molar-refractivity contribution is -0.144. The van der Waals surface area contributed by atoms with Gasteiger partial charge in [-0.2, -0.15) is 0 Å². The number of esters is 1. The summed E-state index contributed by atoms with van der Waals surface area (Å²) in [4.78, 5) is 22.4. The lowest BCUT2D eigenvalue weighted by atomic mass is 9.95. The molecule has 0 spiro atoms. The Hall–Kier alpha value is -3.08. The predicted molar refractivity (Wildman–Crippen MR) is 83.7 cm³/mol. The number of carbonyl (C=O) groups excluding carboxylic acids is 1. The zero-order valence-corrected chi connectivity index (χ0v) is 12.1. The summed E-state index contributed by atoms with van der Waals surface area (Å²) in [5.41, 5.74) is 3.12. The highest BCUT2D eigenvalue weighted by atomic mass is 16.5. The predicted octanol–water partition coefficient (Wildman–Crippen LogP) is 2.84. The first kappa shape index (κ1) is 14.8. The Morgan fingerprint density at radius 3 is 2.43 bits per heavy atom. The number of cyclic esters (lactones) is 1. The number of phenolic OH excluding ortho intramolecular Hbond substituents is 1. The molecule has 5 nitrogen and oxygen atoms in total. The van der Waals surface area contributed by atoms with Gasteiger partial charge in [-0.25, -0.2) is 4.79 Å². The fraction of sp³-hybridized carbons (Fsp3) is 0.111. The third-order valence-electron chi connectivity index (χ3n) is 3.64. The van der Waals surface area contributed by atoms with Crippen molar-refractivity contribution in [3.8, 4) is 16.9 Å². The molecular weight excluding hydrogens is 296 g/mol. The summed E-state index contributed by atoms with van der Waals surface area (Å²) < 4.78 is 5.06. The molecule has 3 rings (SSSR count).